The smallest absolute Gasteiger partial charge is 0.00411 e. The topological polar surface area (TPSA) is 0 Å². The molecule has 0 aromatic carbocycles. The van der Waals surface area contributed by atoms with Crippen LogP contribution in [-0.4, -0.2) is 5.75 Å². The van der Waals surface area contributed by atoms with E-state index in [1.165, 1.54) is 25.7 Å². The van der Waals surface area contributed by atoms with Crippen LogP contribution in [-0.2, 0) is 0 Å². The average molecular weight is 273 g/mol. The van der Waals surface area contributed by atoms with Crippen LogP contribution in [0, 0.1) is 22.2 Å². The van der Waals surface area contributed by atoms with Crippen molar-refractivity contribution in [3.63, 3.8) is 0 Å². The number of hydrogen-bond donors (Lipinski definition) is 1. The summed E-state index contributed by atoms with van der Waals surface area (Å²) in [6.45, 7) is 19.2. The average Bonchev–Trinajstić information content (AvgIpc) is 2.25. The Morgan fingerprint density at radius 1 is 0.944 bits per heavy atom. The van der Waals surface area contributed by atoms with E-state index in [0.717, 1.165) is 11.7 Å². The summed E-state index contributed by atoms with van der Waals surface area (Å²) in [4.78, 5) is 0. The van der Waals surface area contributed by atoms with E-state index in [4.69, 9.17) is 0 Å². The summed E-state index contributed by atoms with van der Waals surface area (Å²) in [5, 5.41) is 0. The van der Waals surface area contributed by atoms with Crippen molar-refractivity contribution in [2.45, 2.75) is 81.1 Å². The predicted octanol–water partition coefficient (Wildman–Crippen LogP) is 6.21. The predicted molar refractivity (Wildman–Crippen MR) is 88.5 cm³/mol. The molecule has 0 nitrogen and oxygen atoms in total. The molecule has 0 aliphatic rings. The van der Waals surface area contributed by atoms with Crippen LogP contribution in [0.15, 0.2) is 0 Å². The maximum absolute atomic E-state index is 4.57. The summed E-state index contributed by atoms with van der Waals surface area (Å²) in [5.74, 6) is 1.78. The van der Waals surface area contributed by atoms with E-state index in [0.29, 0.717) is 10.8 Å². The quantitative estimate of drug-likeness (QED) is 0.499. The fourth-order valence-corrected chi connectivity index (χ4v) is 3.29. The molecular weight excluding hydrogens is 236 g/mol. The minimum atomic E-state index is 0.268. The zero-order valence-corrected chi connectivity index (χ0v) is 15.0. The summed E-state index contributed by atoms with van der Waals surface area (Å²) in [6.07, 6.45) is 5.37. The highest BCUT2D eigenvalue weighted by atomic mass is 32.1. The van der Waals surface area contributed by atoms with Gasteiger partial charge in [0, 0.05) is 0 Å². The van der Waals surface area contributed by atoms with Crippen LogP contribution in [0.4, 0.5) is 0 Å². The van der Waals surface area contributed by atoms with Crippen molar-refractivity contribution in [1.29, 1.82) is 0 Å². The van der Waals surface area contributed by atoms with Crippen LogP contribution in [0.1, 0.15) is 81.1 Å². The van der Waals surface area contributed by atoms with Crippen LogP contribution >= 0.6 is 12.6 Å². The third-order valence-corrected chi connectivity index (χ3v) is 6.48. The van der Waals surface area contributed by atoms with Gasteiger partial charge < -0.3 is 0 Å². The number of unbranched alkanes of at least 4 members (excludes halogenated alkanes) is 1. The molecule has 0 radical (unpaired) electrons. The van der Waals surface area contributed by atoms with Gasteiger partial charge in [-0.1, -0.05) is 74.7 Å². The normalized spacial score (nSPS) is 15.8. The molecule has 0 fully saturated rings. The highest BCUT2D eigenvalue weighted by molar-refractivity contribution is 7.80. The van der Waals surface area contributed by atoms with Gasteiger partial charge in [0.15, 0.2) is 0 Å². The standard InChI is InChI=1S/C17H36S/c1-9-10-11-14(2)12-15(3,4)17(7,8)16(5,6)13-18/h14,18H,9-13H2,1-8H3. The Hall–Kier alpha value is 0.350. The maximum atomic E-state index is 4.57. The minimum Gasteiger partial charge on any atom is -0.179 e. The second-order valence-electron chi connectivity index (χ2n) is 8.00. The number of thiol groups is 1. The van der Waals surface area contributed by atoms with Gasteiger partial charge in [-0.25, -0.2) is 0 Å². The Morgan fingerprint density at radius 2 is 1.44 bits per heavy atom. The lowest BCUT2D eigenvalue weighted by Crippen LogP contribution is -2.46. The van der Waals surface area contributed by atoms with E-state index in [2.05, 4.69) is 68.0 Å². The molecule has 0 heterocycles. The van der Waals surface area contributed by atoms with E-state index < -0.39 is 0 Å². The van der Waals surface area contributed by atoms with Crippen LogP contribution in [0.2, 0.25) is 0 Å². The minimum absolute atomic E-state index is 0.268. The SMILES string of the molecule is CCCCC(C)CC(C)(C)C(C)(C)C(C)(C)CS. The molecule has 0 bridgehead atoms. The van der Waals surface area contributed by atoms with Crippen molar-refractivity contribution < 1.29 is 0 Å². The molecule has 0 rings (SSSR count). The van der Waals surface area contributed by atoms with Gasteiger partial charge in [-0.05, 0) is 34.3 Å². The van der Waals surface area contributed by atoms with Crippen LogP contribution in [0.25, 0.3) is 0 Å². The largest absolute Gasteiger partial charge is 0.179 e. The van der Waals surface area contributed by atoms with Gasteiger partial charge in [-0.3, -0.25) is 0 Å². The van der Waals surface area contributed by atoms with Crippen LogP contribution < -0.4 is 0 Å². The van der Waals surface area contributed by atoms with Crippen molar-refractivity contribution in [2.75, 3.05) is 5.75 Å². The second-order valence-corrected chi connectivity index (χ2v) is 8.32. The summed E-state index contributed by atoms with van der Waals surface area (Å²) < 4.78 is 0. The molecule has 18 heavy (non-hydrogen) atoms. The van der Waals surface area contributed by atoms with Crippen LogP contribution in [0.5, 0.6) is 0 Å². The van der Waals surface area contributed by atoms with Crippen molar-refractivity contribution in [2.24, 2.45) is 22.2 Å². The Morgan fingerprint density at radius 3 is 1.83 bits per heavy atom. The van der Waals surface area contributed by atoms with E-state index in [1.54, 1.807) is 0 Å². The second kappa shape index (κ2) is 6.68. The molecule has 1 atom stereocenters. The highest BCUT2D eigenvalue weighted by Gasteiger charge is 2.47. The molecule has 0 saturated carbocycles. The van der Waals surface area contributed by atoms with Gasteiger partial charge in [0.1, 0.15) is 0 Å². The molecule has 110 valence electrons. The monoisotopic (exact) mass is 272 g/mol. The van der Waals surface area contributed by atoms with Crippen LogP contribution in [0.3, 0.4) is 0 Å². The molecule has 0 spiro atoms. The fourth-order valence-electron chi connectivity index (χ4n) is 2.89. The summed E-state index contributed by atoms with van der Waals surface area (Å²) in [5.41, 5.74) is 0.915. The zero-order chi connectivity index (χ0) is 14.6. The van der Waals surface area contributed by atoms with Gasteiger partial charge in [0.25, 0.3) is 0 Å². The molecule has 1 unspecified atom stereocenters. The molecule has 0 aromatic rings. The van der Waals surface area contributed by atoms with Crippen molar-refractivity contribution >= 4 is 12.6 Å². The third kappa shape index (κ3) is 4.18. The first-order valence-electron chi connectivity index (χ1n) is 7.62. The Balaban J connectivity index is 4.80. The first-order valence-corrected chi connectivity index (χ1v) is 8.26. The number of rotatable bonds is 8. The lowest BCUT2D eigenvalue weighted by molar-refractivity contribution is -0.0199. The van der Waals surface area contributed by atoms with Crippen molar-refractivity contribution in [3.05, 3.63) is 0 Å². The Kier molecular flexibility index (Phi) is 6.81. The molecular formula is C17H36S. The van der Waals surface area contributed by atoms with Gasteiger partial charge in [0.05, 0.1) is 0 Å². The maximum Gasteiger partial charge on any atom is -0.00411 e. The molecule has 0 amide bonds. The lowest BCUT2D eigenvalue weighted by atomic mass is 9.53. The number of hydrogen-bond acceptors (Lipinski definition) is 1. The first-order chi connectivity index (χ1) is 8.02. The Bertz CT molecular complexity index is 238. The molecule has 0 aliphatic heterocycles. The van der Waals surface area contributed by atoms with E-state index >= 15 is 0 Å². The van der Waals surface area contributed by atoms with Gasteiger partial charge in [0.2, 0.25) is 0 Å². The zero-order valence-electron chi connectivity index (χ0n) is 14.1. The first kappa shape index (κ1) is 18.4. The molecule has 0 aromatic heterocycles. The summed E-state index contributed by atoms with van der Waals surface area (Å²) >= 11 is 4.57. The Labute approximate surface area is 122 Å². The van der Waals surface area contributed by atoms with E-state index in [-0.39, 0.29) is 5.41 Å². The molecule has 0 N–H and O–H groups in total. The highest BCUT2D eigenvalue weighted by Crippen LogP contribution is 2.54. The van der Waals surface area contributed by atoms with Gasteiger partial charge >= 0.3 is 0 Å². The molecule has 1 heteroatoms. The third-order valence-electron chi connectivity index (χ3n) is 5.69. The van der Waals surface area contributed by atoms with E-state index in [9.17, 15) is 0 Å². The van der Waals surface area contributed by atoms with Crippen molar-refractivity contribution in [1.82, 2.24) is 0 Å². The summed E-state index contributed by atoms with van der Waals surface area (Å²) in [7, 11) is 0. The van der Waals surface area contributed by atoms with Gasteiger partial charge in [-0.15, -0.1) is 0 Å². The molecule has 0 saturated heterocycles. The molecule has 0 aliphatic carbocycles. The van der Waals surface area contributed by atoms with Gasteiger partial charge in [-0.2, -0.15) is 12.6 Å². The van der Waals surface area contributed by atoms with E-state index in [1.807, 2.05) is 0 Å². The fraction of sp³-hybridized carbons (Fsp3) is 1.00. The lowest BCUT2D eigenvalue weighted by Gasteiger charge is -2.53. The summed E-state index contributed by atoms with van der Waals surface area (Å²) in [6, 6.07) is 0. The van der Waals surface area contributed by atoms with Crippen molar-refractivity contribution in [3.8, 4) is 0 Å².